The third kappa shape index (κ3) is 8.57. The van der Waals surface area contributed by atoms with Crippen LogP contribution in [0, 0.1) is 0 Å². The predicted octanol–water partition coefficient (Wildman–Crippen LogP) is 6.14. The fourth-order valence-corrected chi connectivity index (χ4v) is 3.37. The van der Waals surface area contributed by atoms with Gasteiger partial charge in [-0.25, -0.2) is 4.79 Å². The Labute approximate surface area is 187 Å². The predicted molar refractivity (Wildman–Crippen MR) is 126 cm³/mol. The van der Waals surface area contributed by atoms with E-state index < -0.39 is 17.7 Å². The van der Waals surface area contributed by atoms with Crippen molar-refractivity contribution in [2.45, 2.75) is 58.1 Å². The zero-order chi connectivity index (χ0) is 22.0. The maximum atomic E-state index is 12.9. The number of unbranched alkanes of at least 4 members (excludes halogenated alkanes) is 2. The van der Waals surface area contributed by atoms with Crippen molar-refractivity contribution in [2.75, 3.05) is 10.6 Å². The molecule has 0 fully saturated rings. The van der Waals surface area contributed by atoms with Crippen LogP contribution in [0.15, 0.2) is 54.6 Å². The van der Waals surface area contributed by atoms with Crippen LogP contribution in [0.25, 0.3) is 11.1 Å². The molecular formula is C24H31BrN2O3. The van der Waals surface area contributed by atoms with Crippen molar-refractivity contribution < 1.29 is 14.3 Å². The van der Waals surface area contributed by atoms with Crippen molar-refractivity contribution in [3.63, 3.8) is 0 Å². The minimum absolute atomic E-state index is 0.245. The third-order valence-corrected chi connectivity index (χ3v) is 4.93. The van der Waals surface area contributed by atoms with E-state index in [0.717, 1.165) is 35.7 Å². The van der Waals surface area contributed by atoms with Crippen LogP contribution in [0.1, 0.15) is 46.5 Å². The summed E-state index contributed by atoms with van der Waals surface area (Å²) in [5, 5.41) is 6.60. The van der Waals surface area contributed by atoms with Gasteiger partial charge in [0.25, 0.3) is 0 Å². The Morgan fingerprint density at radius 2 is 1.67 bits per heavy atom. The molecule has 2 rings (SSSR count). The molecule has 0 spiro atoms. The van der Waals surface area contributed by atoms with Crippen molar-refractivity contribution >= 4 is 33.6 Å². The Kier molecular flexibility index (Phi) is 9.37. The third-order valence-electron chi connectivity index (χ3n) is 4.37. The number of amides is 2. The maximum Gasteiger partial charge on any atom is 0.408 e. The van der Waals surface area contributed by atoms with Crippen LogP contribution >= 0.6 is 15.9 Å². The molecule has 2 N–H and O–H groups in total. The second-order valence-corrected chi connectivity index (χ2v) is 8.97. The fourth-order valence-electron chi connectivity index (χ4n) is 2.97. The summed E-state index contributed by atoms with van der Waals surface area (Å²) in [4.78, 5) is 25.2. The summed E-state index contributed by atoms with van der Waals surface area (Å²) >= 11 is 3.42. The first kappa shape index (κ1) is 23.9. The summed E-state index contributed by atoms with van der Waals surface area (Å²) in [6.07, 6.45) is 2.81. The molecule has 0 saturated carbocycles. The molecule has 30 heavy (non-hydrogen) atoms. The molecule has 0 bridgehead atoms. The van der Waals surface area contributed by atoms with Crippen LogP contribution in [0.2, 0.25) is 0 Å². The van der Waals surface area contributed by atoms with Gasteiger partial charge in [-0.3, -0.25) is 4.79 Å². The van der Waals surface area contributed by atoms with Gasteiger partial charge in [0.05, 0.1) is 0 Å². The molecule has 0 aliphatic heterocycles. The molecule has 0 aliphatic carbocycles. The molecule has 5 nitrogen and oxygen atoms in total. The van der Waals surface area contributed by atoms with E-state index >= 15 is 0 Å². The van der Waals surface area contributed by atoms with E-state index in [0.29, 0.717) is 12.1 Å². The standard InChI is InChI=1S/C24H31BrN2O3/c1-24(2,3)30-23(29)27-21(15-8-5-9-16-25)22(28)26-20-14-10-13-19(17-20)18-11-6-4-7-12-18/h4,6-7,10-14,17,21H,5,8-9,15-16H2,1-3H3,(H,26,28)(H,27,29)/t21-/m0/s1. The van der Waals surface area contributed by atoms with Gasteiger partial charge in [0.2, 0.25) is 5.91 Å². The first-order valence-electron chi connectivity index (χ1n) is 10.3. The van der Waals surface area contributed by atoms with Gasteiger partial charge in [0, 0.05) is 11.0 Å². The summed E-state index contributed by atoms with van der Waals surface area (Å²) in [5.74, 6) is -0.245. The Morgan fingerprint density at radius 1 is 0.967 bits per heavy atom. The minimum Gasteiger partial charge on any atom is -0.444 e. The van der Waals surface area contributed by atoms with Crippen LogP contribution in [-0.2, 0) is 9.53 Å². The second-order valence-electron chi connectivity index (χ2n) is 8.17. The van der Waals surface area contributed by atoms with Crippen LogP contribution in [0.5, 0.6) is 0 Å². The monoisotopic (exact) mass is 474 g/mol. The average Bonchev–Trinajstić information content (AvgIpc) is 2.70. The molecule has 0 aliphatic rings. The number of anilines is 1. The lowest BCUT2D eigenvalue weighted by Gasteiger charge is -2.23. The Hall–Kier alpha value is -2.34. The van der Waals surface area contributed by atoms with E-state index in [9.17, 15) is 9.59 Å². The fraction of sp³-hybridized carbons (Fsp3) is 0.417. The van der Waals surface area contributed by atoms with Crippen molar-refractivity contribution in [1.82, 2.24) is 5.32 Å². The van der Waals surface area contributed by atoms with Crippen molar-refractivity contribution in [3.05, 3.63) is 54.6 Å². The molecule has 0 unspecified atom stereocenters. The molecule has 2 aromatic carbocycles. The quantitative estimate of drug-likeness (QED) is 0.338. The van der Waals surface area contributed by atoms with Crippen molar-refractivity contribution in [3.8, 4) is 11.1 Å². The highest BCUT2D eigenvalue weighted by Crippen LogP contribution is 2.22. The number of hydrogen-bond donors (Lipinski definition) is 2. The van der Waals surface area contributed by atoms with Gasteiger partial charge in [0.1, 0.15) is 11.6 Å². The molecule has 2 amide bonds. The highest BCUT2D eigenvalue weighted by atomic mass is 79.9. The molecular weight excluding hydrogens is 444 g/mol. The number of alkyl halides is 1. The van der Waals surface area contributed by atoms with E-state index in [4.69, 9.17) is 4.74 Å². The number of ether oxygens (including phenoxy) is 1. The lowest BCUT2D eigenvalue weighted by molar-refractivity contribution is -0.118. The first-order chi connectivity index (χ1) is 14.3. The first-order valence-corrected chi connectivity index (χ1v) is 11.4. The molecule has 0 saturated heterocycles. The van der Waals surface area contributed by atoms with Gasteiger partial charge in [-0.2, -0.15) is 0 Å². The van der Waals surface area contributed by atoms with Crippen molar-refractivity contribution in [1.29, 1.82) is 0 Å². The normalized spacial score (nSPS) is 12.1. The number of benzene rings is 2. The summed E-state index contributed by atoms with van der Waals surface area (Å²) < 4.78 is 5.34. The van der Waals surface area contributed by atoms with Crippen LogP contribution in [0.3, 0.4) is 0 Å². The zero-order valence-electron chi connectivity index (χ0n) is 17.9. The number of nitrogens with one attached hydrogen (secondary N) is 2. The second kappa shape index (κ2) is 11.7. The van der Waals surface area contributed by atoms with E-state index in [1.54, 1.807) is 20.8 Å². The number of carbonyl (C=O) groups excluding carboxylic acids is 2. The SMILES string of the molecule is CC(C)(C)OC(=O)N[C@@H](CCCCCBr)C(=O)Nc1cccc(-c2ccccc2)c1. The van der Waals surface area contributed by atoms with E-state index in [-0.39, 0.29) is 5.91 Å². The maximum absolute atomic E-state index is 12.9. The van der Waals surface area contributed by atoms with E-state index in [1.165, 1.54) is 0 Å². The molecule has 6 heteroatoms. The smallest absolute Gasteiger partial charge is 0.408 e. The van der Waals surface area contributed by atoms with Gasteiger partial charge in [0.15, 0.2) is 0 Å². The average molecular weight is 475 g/mol. The summed E-state index contributed by atoms with van der Waals surface area (Å²) in [7, 11) is 0. The molecule has 0 heterocycles. The van der Waals surface area contributed by atoms with E-state index in [1.807, 2.05) is 54.6 Å². The van der Waals surface area contributed by atoms with Gasteiger partial charge in [-0.05, 0) is 56.9 Å². The molecule has 1 atom stereocenters. The van der Waals surface area contributed by atoms with Crippen LogP contribution in [-0.4, -0.2) is 29.0 Å². The number of halogens is 1. The minimum atomic E-state index is -0.657. The van der Waals surface area contributed by atoms with Crippen LogP contribution < -0.4 is 10.6 Å². The molecule has 0 aromatic heterocycles. The number of rotatable bonds is 9. The largest absolute Gasteiger partial charge is 0.444 e. The topological polar surface area (TPSA) is 67.4 Å². The molecule has 2 aromatic rings. The summed E-state index contributed by atoms with van der Waals surface area (Å²) in [6, 6.07) is 17.0. The molecule has 0 radical (unpaired) electrons. The van der Waals surface area contributed by atoms with Gasteiger partial charge >= 0.3 is 6.09 Å². The highest BCUT2D eigenvalue weighted by Gasteiger charge is 2.24. The number of alkyl carbamates (subject to hydrolysis) is 1. The summed E-state index contributed by atoms with van der Waals surface area (Å²) in [6.45, 7) is 5.40. The van der Waals surface area contributed by atoms with Gasteiger partial charge < -0.3 is 15.4 Å². The zero-order valence-corrected chi connectivity index (χ0v) is 19.5. The lowest BCUT2D eigenvalue weighted by atomic mass is 10.0. The lowest BCUT2D eigenvalue weighted by Crippen LogP contribution is -2.45. The van der Waals surface area contributed by atoms with Gasteiger partial charge in [-0.1, -0.05) is 71.2 Å². The highest BCUT2D eigenvalue weighted by molar-refractivity contribution is 9.09. The Balaban J connectivity index is 2.07. The Morgan fingerprint density at radius 3 is 2.33 bits per heavy atom. The van der Waals surface area contributed by atoms with Crippen molar-refractivity contribution in [2.24, 2.45) is 0 Å². The Bertz CT molecular complexity index is 819. The number of carbonyl (C=O) groups is 2. The van der Waals surface area contributed by atoms with Crippen LogP contribution in [0.4, 0.5) is 10.5 Å². The number of hydrogen-bond acceptors (Lipinski definition) is 3. The summed E-state index contributed by atoms with van der Waals surface area (Å²) in [5.41, 5.74) is 2.16. The molecule has 162 valence electrons. The van der Waals surface area contributed by atoms with E-state index in [2.05, 4.69) is 26.6 Å². The van der Waals surface area contributed by atoms with Gasteiger partial charge in [-0.15, -0.1) is 0 Å².